The number of aromatic nitrogens is 3. The summed E-state index contributed by atoms with van der Waals surface area (Å²) in [5.74, 6) is -1.61. The number of hydrogen-bond donors (Lipinski definition) is 1. The number of benzene rings is 2. The Bertz CT molecular complexity index is 2010. The molecule has 50 heavy (non-hydrogen) atoms. The number of hydrogen-bond acceptors (Lipinski definition) is 8. The lowest BCUT2D eigenvalue weighted by Crippen LogP contribution is -2.43. The van der Waals surface area contributed by atoms with Crippen molar-refractivity contribution in [1.29, 1.82) is 0 Å². The van der Waals surface area contributed by atoms with Crippen LogP contribution >= 0.6 is 11.6 Å². The van der Waals surface area contributed by atoms with E-state index in [1.54, 1.807) is 42.3 Å². The number of alkyl halides is 2. The fraction of sp³-hybridized carbons (Fsp3) is 0.444. The van der Waals surface area contributed by atoms with Crippen LogP contribution in [0.1, 0.15) is 25.7 Å². The summed E-state index contributed by atoms with van der Waals surface area (Å²) in [7, 11) is 1.63. The largest absolute Gasteiger partial charge is 0.461 e. The van der Waals surface area contributed by atoms with Gasteiger partial charge in [-0.1, -0.05) is 41.9 Å². The summed E-state index contributed by atoms with van der Waals surface area (Å²) < 4.78 is 67.8. The highest BCUT2D eigenvalue weighted by Crippen LogP contribution is 2.42. The Morgan fingerprint density at radius 1 is 1.18 bits per heavy atom. The summed E-state index contributed by atoms with van der Waals surface area (Å²) in [6.07, 6.45) is 5.17. The van der Waals surface area contributed by atoms with Crippen LogP contribution < -0.4 is 15.0 Å². The van der Waals surface area contributed by atoms with Gasteiger partial charge in [0.25, 0.3) is 0 Å². The molecular formula is C36H36ClF4N7O2. The number of rotatable bonds is 8. The van der Waals surface area contributed by atoms with E-state index in [1.807, 2.05) is 0 Å². The number of halogens is 5. The SMILES string of the molecule is CN(c1nc(OC[C@@]23CCCN2C[C@H](F)C3)nc2c(F)c(-c3cccc4ccc(F)c(Cl)c34)ncc12)[C@H]1CN(C(=O)/C=C/[C@H]2CCN2)C[C@@H]1F. The number of pyridine rings is 1. The van der Waals surface area contributed by atoms with Crippen LogP contribution in [0, 0.1) is 11.6 Å². The van der Waals surface area contributed by atoms with Crippen LogP contribution in [0.25, 0.3) is 32.9 Å². The number of anilines is 1. The van der Waals surface area contributed by atoms with Crippen LogP contribution in [0.2, 0.25) is 5.02 Å². The molecule has 262 valence electrons. The van der Waals surface area contributed by atoms with Crippen molar-refractivity contribution in [2.45, 2.75) is 55.6 Å². The van der Waals surface area contributed by atoms with Crippen LogP contribution in [-0.4, -0.2) is 107 Å². The Kier molecular flexibility index (Phi) is 8.55. The van der Waals surface area contributed by atoms with Gasteiger partial charge in [-0.2, -0.15) is 9.97 Å². The molecule has 6 heterocycles. The summed E-state index contributed by atoms with van der Waals surface area (Å²) in [5.41, 5.74) is -0.505. The van der Waals surface area contributed by atoms with Crippen molar-refractivity contribution in [3.8, 4) is 17.3 Å². The number of fused-ring (bicyclic) bond motifs is 3. The maximum atomic E-state index is 16.8. The average Bonchev–Trinajstić information content (AvgIpc) is 3.75. The number of carbonyl (C=O) groups excluding carboxylic acids is 1. The Morgan fingerprint density at radius 3 is 2.82 bits per heavy atom. The first-order chi connectivity index (χ1) is 24.1. The molecule has 4 aromatic rings. The zero-order valence-corrected chi connectivity index (χ0v) is 28.1. The first-order valence-electron chi connectivity index (χ1n) is 16.9. The third-order valence-corrected chi connectivity index (χ3v) is 11.1. The van der Waals surface area contributed by atoms with Crippen molar-refractivity contribution in [3.05, 3.63) is 65.3 Å². The van der Waals surface area contributed by atoms with E-state index in [1.165, 1.54) is 23.2 Å². The van der Waals surface area contributed by atoms with E-state index in [0.717, 1.165) is 32.4 Å². The highest BCUT2D eigenvalue weighted by molar-refractivity contribution is 6.36. The molecule has 8 rings (SSSR count). The van der Waals surface area contributed by atoms with Crippen molar-refractivity contribution < 1.29 is 27.1 Å². The molecule has 0 spiro atoms. The minimum absolute atomic E-state index is 0.0741. The molecule has 4 saturated heterocycles. The smallest absolute Gasteiger partial charge is 0.319 e. The van der Waals surface area contributed by atoms with Gasteiger partial charge in [-0.25, -0.2) is 17.6 Å². The van der Waals surface area contributed by atoms with Crippen molar-refractivity contribution in [1.82, 2.24) is 30.1 Å². The maximum absolute atomic E-state index is 16.8. The molecule has 0 saturated carbocycles. The zero-order chi connectivity index (χ0) is 34.7. The van der Waals surface area contributed by atoms with Gasteiger partial charge < -0.3 is 19.9 Å². The number of ether oxygens (including phenoxy) is 1. The van der Waals surface area contributed by atoms with Crippen LogP contribution in [0.3, 0.4) is 0 Å². The van der Waals surface area contributed by atoms with E-state index in [4.69, 9.17) is 16.3 Å². The normalized spacial score (nSPS) is 26.6. The molecule has 9 nitrogen and oxygen atoms in total. The number of nitrogens with zero attached hydrogens (tertiary/aromatic N) is 6. The standard InChI is InChI=1S/C36H36ClF4N7O2/c1-46(27-18-47(17-26(27)40)28(49)9-7-22-10-12-42-22)34-24-15-43-32(23-5-2-4-20-6-8-25(39)30(37)29(20)23)31(41)33(24)44-35(45-34)50-19-36-11-3-13-48(36)16-21(38)14-36/h2,4-9,15,21-22,26-27,42H,3,10-14,16-19H2,1H3/b9-7+/t21-,22+,26+,27+,36+/m1/s1. The van der Waals surface area contributed by atoms with E-state index in [-0.39, 0.29) is 70.7 Å². The summed E-state index contributed by atoms with van der Waals surface area (Å²) in [4.78, 5) is 31.6. The Morgan fingerprint density at radius 2 is 2.02 bits per heavy atom. The molecule has 0 bridgehead atoms. The summed E-state index contributed by atoms with van der Waals surface area (Å²) in [5, 5.41) is 4.12. The third-order valence-electron chi connectivity index (χ3n) is 10.8. The summed E-state index contributed by atoms with van der Waals surface area (Å²) >= 11 is 6.39. The fourth-order valence-corrected chi connectivity index (χ4v) is 8.20. The Hall–Kier alpha value is -4.07. The predicted molar refractivity (Wildman–Crippen MR) is 183 cm³/mol. The van der Waals surface area contributed by atoms with E-state index in [9.17, 15) is 13.6 Å². The van der Waals surface area contributed by atoms with Gasteiger partial charge in [0.1, 0.15) is 41.8 Å². The van der Waals surface area contributed by atoms with Gasteiger partial charge in [-0.3, -0.25) is 14.7 Å². The lowest BCUT2D eigenvalue weighted by atomic mass is 9.95. The second kappa shape index (κ2) is 12.9. The molecule has 4 aliphatic rings. The maximum Gasteiger partial charge on any atom is 0.319 e. The third kappa shape index (κ3) is 5.72. The predicted octanol–water partition coefficient (Wildman–Crippen LogP) is 5.64. The molecule has 4 fully saturated rings. The van der Waals surface area contributed by atoms with Crippen LogP contribution in [-0.2, 0) is 4.79 Å². The van der Waals surface area contributed by atoms with Crippen molar-refractivity contribution in [2.24, 2.45) is 0 Å². The van der Waals surface area contributed by atoms with Gasteiger partial charge in [0.05, 0.1) is 28.5 Å². The Labute approximate surface area is 291 Å². The topological polar surface area (TPSA) is 86.7 Å². The number of likely N-dealkylation sites (tertiary alicyclic amines) is 1. The molecule has 2 aromatic carbocycles. The second-order valence-corrected chi connectivity index (χ2v) is 14.2. The molecule has 0 aliphatic carbocycles. The van der Waals surface area contributed by atoms with Crippen LogP contribution in [0.5, 0.6) is 6.01 Å². The molecule has 2 aromatic heterocycles. The quantitative estimate of drug-likeness (QED) is 0.186. The number of nitrogens with one attached hydrogen (secondary N) is 1. The minimum Gasteiger partial charge on any atom is -0.461 e. The monoisotopic (exact) mass is 709 g/mol. The number of carbonyl (C=O) groups is 1. The minimum atomic E-state index is -1.43. The fourth-order valence-electron chi connectivity index (χ4n) is 7.93. The van der Waals surface area contributed by atoms with E-state index in [0.29, 0.717) is 23.7 Å². The van der Waals surface area contributed by atoms with Gasteiger partial charge >= 0.3 is 6.01 Å². The molecule has 14 heteroatoms. The van der Waals surface area contributed by atoms with Gasteiger partial charge in [0.2, 0.25) is 5.91 Å². The highest BCUT2D eigenvalue weighted by Gasteiger charge is 2.49. The first-order valence-corrected chi connectivity index (χ1v) is 17.3. The average molecular weight is 710 g/mol. The number of amides is 1. The molecule has 0 unspecified atom stereocenters. The van der Waals surface area contributed by atoms with Gasteiger partial charge in [-0.15, -0.1) is 0 Å². The van der Waals surface area contributed by atoms with Crippen LogP contribution in [0.15, 0.2) is 48.7 Å². The molecule has 1 N–H and O–H groups in total. The van der Waals surface area contributed by atoms with Gasteiger partial charge in [0, 0.05) is 55.8 Å². The zero-order valence-electron chi connectivity index (χ0n) is 27.4. The molecule has 1 amide bonds. The first kappa shape index (κ1) is 33.1. The molecule has 4 aliphatic heterocycles. The molecule has 0 radical (unpaired) electrons. The lowest BCUT2D eigenvalue weighted by Gasteiger charge is -2.31. The highest BCUT2D eigenvalue weighted by atomic mass is 35.5. The van der Waals surface area contributed by atoms with Gasteiger partial charge in [0.15, 0.2) is 5.82 Å². The van der Waals surface area contributed by atoms with E-state index in [2.05, 4.69) is 25.2 Å². The van der Waals surface area contributed by atoms with Crippen molar-refractivity contribution in [2.75, 3.05) is 51.3 Å². The Balaban J connectivity index is 1.18. The van der Waals surface area contributed by atoms with Crippen molar-refractivity contribution in [3.63, 3.8) is 0 Å². The van der Waals surface area contributed by atoms with E-state index >= 15 is 8.78 Å². The number of likely N-dealkylation sites (N-methyl/N-ethyl adjacent to an activating group) is 1. The van der Waals surface area contributed by atoms with E-state index < -0.39 is 35.6 Å². The summed E-state index contributed by atoms with van der Waals surface area (Å²) in [6, 6.07) is 7.01. The van der Waals surface area contributed by atoms with Gasteiger partial charge in [-0.05, 0) is 43.8 Å². The molecule has 5 atom stereocenters. The van der Waals surface area contributed by atoms with Crippen molar-refractivity contribution >= 4 is 45.0 Å². The summed E-state index contributed by atoms with van der Waals surface area (Å²) in [6.45, 7) is 2.04. The van der Waals surface area contributed by atoms with Crippen LogP contribution in [0.4, 0.5) is 23.4 Å². The second-order valence-electron chi connectivity index (χ2n) is 13.8. The lowest BCUT2D eigenvalue weighted by molar-refractivity contribution is -0.125. The molecular weight excluding hydrogens is 674 g/mol.